The zero-order valence-corrected chi connectivity index (χ0v) is 61.9. The summed E-state index contributed by atoms with van der Waals surface area (Å²) in [5, 5.41) is 27.0. The van der Waals surface area contributed by atoms with E-state index >= 15 is 0 Å². The average molecular weight is 1440 g/mol. The van der Waals surface area contributed by atoms with Gasteiger partial charge in [-0.15, -0.1) is 0 Å². The van der Waals surface area contributed by atoms with Crippen molar-refractivity contribution in [2.45, 2.75) is 0 Å². The van der Waals surface area contributed by atoms with Crippen molar-refractivity contribution in [1.29, 1.82) is 0 Å². The average Bonchev–Trinajstić information content (AvgIpc) is 0.968. The SMILES string of the molecule is [C-]#[N+]c1ccc2c(c1)c1cc(-c3ccc4cc(-c5cc6c7ccccc7c(-c7cccc8ccccc78)cc6c6ccccc56)ccc4c3)ccc1n2-c1ccccc1.[C-]#[N+]c1ccc2c(c1)c1cc(-c3ccc4cc(-c5cc6c7ccccc7c(-c7ccccc7)cc6c6ccccc56)ccc4c3)ccc1n2-c1ccccc1. The molecule has 0 radical (unpaired) electrons. The summed E-state index contributed by atoms with van der Waals surface area (Å²) < 4.78 is 4.60. The molecule has 23 aromatic rings. The standard InChI is InChI=1S/C57H34N2.C53H32N2/c1-58-42-27-29-57-55(33-42)54-32-40(26-28-56(54)59(57)43-14-3-2-4-15-43)38-22-23-39-31-41(25-24-37(39)30-38)50-34-52-49-20-10-9-19-48(49)51(35-53(52)47-18-8-7-17-46(47)50)45-21-11-13-36-12-5-6-16-44(36)45;1-54-40-25-27-53-51(31-40)50-30-38(24-26-52(50)55(53)41-14-6-3-7-15-41)36-20-21-37-29-39(23-22-35(37)28-36)47-33-49-44-18-10-8-16-42(44)46(34-12-4-2-5-13-34)32-48(49)45-19-11-9-17-43(45)47/h2-35H;2-33H. The molecule has 526 valence electrons. The third kappa shape index (κ3) is 10.8. The van der Waals surface area contributed by atoms with Gasteiger partial charge in [-0.1, -0.05) is 279 Å². The molecule has 0 spiro atoms. The van der Waals surface area contributed by atoms with Crippen molar-refractivity contribution in [2.24, 2.45) is 0 Å². The van der Waals surface area contributed by atoms with E-state index < -0.39 is 0 Å². The second-order valence-electron chi connectivity index (χ2n) is 29.9. The molecule has 0 N–H and O–H groups in total. The summed E-state index contributed by atoms with van der Waals surface area (Å²) in [7, 11) is 0. The minimum absolute atomic E-state index is 0.648. The van der Waals surface area contributed by atoms with E-state index in [-0.39, 0.29) is 0 Å². The molecule has 23 rings (SSSR count). The maximum Gasteiger partial charge on any atom is 0.188 e. The third-order valence-corrected chi connectivity index (χ3v) is 23.7. The lowest BCUT2D eigenvalue weighted by atomic mass is 9.86. The van der Waals surface area contributed by atoms with Crippen molar-refractivity contribution in [3.63, 3.8) is 0 Å². The van der Waals surface area contributed by atoms with Gasteiger partial charge in [-0.25, -0.2) is 9.69 Å². The van der Waals surface area contributed by atoms with Crippen molar-refractivity contribution in [2.75, 3.05) is 0 Å². The first-order valence-electron chi connectivity index (χ1n) is 38.8. The summed E-state index contributed by atoms with van der Waals surface area (Å²) in [4.78, 5) is 7.52. The first kappa shape index (κ1) is 65.6. The minimum atomic E-state index is 0.648. The quantitative estimate of drug-likeness (QED) is 0.107. The highest BCUT2D eigenvalue weighted by molar-refractivity contribution is 6.27. The van der Waals surface area contributed by atoms with E-state index in [1.54, 1.807) is 0 Å². The van der Waals surface area contributed by atoms with Gasteiger partial charge in [0.05, 0.1) is 35.2 Å². The van der Waals surface area contributed by atoms with Crippen LogP contribution in [0.25, 0.3) is 228 Å². The molecule has 0 aliphatic rings. The highest BCUT2D eigenvalue weighted by Crippen LogP contribution is 2.48. The Bertz CT molecular complexity index is 8050. The van der Waals surface area contributed by atoms with E-state index in [0.717, 1.165) is 66.1 Å². The highest BCUT2D eigenvalue weighted by Gasteiger charge is 2.22. The molecule has 0 bridgehead atoms. The molecule has 0 aliphatic heterocycles. The number of para-hydroxylation sites is 2. The fourth-order valence-electron chi connectivity index (χ4n) is 18.3. The first-order valence-corrected chi connectivity index (χ1v) is 38.8. The topological polar surface area (TPSA) is 18.6 Å². The molecule has 0 amide bonds. The van der Waals surface area contributed by atoms with Crippen molar-refractivity contribution >= 4 is 152 Å². The van der Waals surface area contributed by atoms with Crippen LogP contribution in [-0.4, -0.2) is 9.13 Å². The van der Waals surface area contributed by atoms with E-state index in [1.807, 2.05) is 36.4 Å². The van der Waals surface area contributed by atoms with E-state index in [0.29, 0.717) is 11.4 Å². The Labute approximate surface area is 658 Å². The molecule has 4 nitrogen and oxygen atoms in total. The van der Waals surface area contributed by atoms with Crippen LogP contribution in [0, 0.1) is 13.1 Å². The Balaban J connectivity index is 0.000000139. The first-order chi connectivity index (χ1) is 56.4. The van der Waals surface area contributed by atoms with Gasteiger partial charge in [-0.2, -0.15) is 0 Å². The van der Waals surface area contributed by atoms with Gasteiger partial charge in [0.2, 0.25) is 0 Å². The summed E-state index contributed by atoms with van der Waals surface area (Å²) in [5.74, 6) is 0. The predicted octanol–water partition coefficient (Wildman–Crippen LogP) is 31.0. The normalized spacial score (nSPS) is 11.7. The molecule has 2 heterocycles. The van der Waals surface area contributed by atoms with Crippen LogP contribution in [0.3, 0.4) is 0 Å². The highest BCUT2D eigenvalue weighted by atomic mass is 15.0. The molecular formula is C110H66N4. The van der Waals surface area contributed by atoms with Gasteiger partial charge in [0.1, 0.15) is 0 Å². The van der Waals surface area contributed by atoms with Gasteiger partial charge in [-0.05, 0) is 296 Å². The Morgan fingerprint density at radius 2 is 0.456 bits per heavy atom. The van der Waals surface area contributed by atoms with Gasteiger partial charge in [0.15, 0.2) is 11.4 Å². The van der Waals surface area contributed by atoms with Crippen LogP contribution < -0.4 is 0 Å². The van der Waals surface area contributed by atoms with E-state index in [4.69, 9.17) is 13.1 Å². The fourth-order valence-corrected chi connectivity index (χ4v) is 18.3. The van der Waals surface area contributed by atoms with E-state index in [2.05, 4.69) is 383 Å². The summed E-state index contributed by atoms with van der Waals surface area (Å²) in [6.07, 6.45) is 0. The Kier molecular flexibility index (Phi) is 15.4. The van der Waals surface area contributed by atoms with E-state index in [1.165, 1.54) is 153 Å². The molecule has 21 aromatic carbocycles. The Hall–Kier alpha value is -15.5. The van der Waals surface area contributed by atoms with Crippen LogP contribution in [0.2, 0.25) is 0 Å². The summed E-state index contributed by atoms with van der Waals surface area (Å²) >= 11 is 0. The van der Waals surface area contributed by atoms with Gasteiger partial charge in [0.25, 0.3) is 0 Å². The number of hydrogen-bond acceptors (Lipinski definition) is 0. The minimum Gasteiger partial charge on any atom is -0.309 e. The van der Waals surface area contributed by atoms with E-state index in [9.17, 15) is 0 Å². The zero-order valence-electron chi connectivity index (χ0n) is 61.9. The molecule has 2 aromatic heterocycles. The smallest absolute Gasteiger partial charge is 0.188 e. The summed E-state index contributed by atoms with van der Waals surface area (Å²) in [6.45, 7) is 15.4. The molecule has 0 unspecified atom stereocenters. The predicted molar refractivity (Wildman–Crippen MR) is 484 cm³/mol. The van der Waals surface area contributed by atoms with Crippen LogP contribution in [-0.2, 0) is 0 Å². The van der Waals surface area contributed by atoms with Crippen LogP contribution >= 0.6 is 0 Å². The molecule has 4 heteroatoms. The Morgan fingerprint density at radius 1 is 0.158 bits per heavy atom. The zero-order chi connectivity index (χ0) is 75.5. The molecule has 114 heavy (non-hydrogen) atoms. The molecule has 0 saturated heterocycles. The number of benzene rings is 21. The molecular weight excluding hydrogens is 1380 g/mol. The Morgan fingerprint density at radius 3 is 0.877 bits per heavy atom. The van der Waals surface area contributed by atoms with Crippen LogP contribution in [0.1, 0.15) is 0 Å². The van der Waals surface area contributed by atoms with Crippen LogP contribution in [0.15, 0.2) is 400 Å². The molecule has 0 saturated carbocycles. The molecule has 0 aliphatic carbocycles. The maximum atomic E-state index is 7.71. The van der Waals surface area contributed by atoms with Crippen LogP contribution in [0.5, 0.6) is 0 Å². The monoisotopic (exact) mass is 1440 g/mol. The van der Waals surface area contributed by atoms with Gasteiger partial charge in [0, 0.05) is 22.1 Å². The lowest BCUT2D eigenvalue weighted by Crippen LogP contribution is -1.92. The summed E-state index contributed by atoms with van der Waals surface area (Å²) in [6, 6.07) is 145. The third-order valence-electron chi connectivity index (χ3n) is 23.7. The lowest BCUT2D eigenvalue weighted by molar-refractivity contribution is 1.18. The van der Waals surface area contributed by atoms with Crippen LogP contribution in [0.4, 0.5) is 11.4 Å². The number of hydrogen-bond donors (Lipinski definition) is 0. The number of rotatable bonds is 8. The number of nitrogens with zero attached hydrogens (tertiary/aromatic N) is 4. The van der Waals surface area contributed by atoms with Crippen molar-refractivity contribution < 1.29 is 0 Å². The largest absolute Gasteiger partial charge is 0.309 e. The van der Waals surface area contributed by atoms with Crippen molar-refractivity contribution in [3.05, 3.63) is 423 Å². The lowest BCUT2D eigenvalue weighted by Gasteiger charge is -2.17. The molecule has 0 fully saturated rings. The second-order valence-corrected chi connectivity index (χ2v) is 29.9. The van der Waals surface area contributed by atoms with Gasteiger partial charge in [-0.3, -0.25) is 0 Å². The maximum absolute atomic E-state index is 7.71. The number of fused-ring (bicyclic) bond motifs is 19. The summed E-state index contributed by atoms with van der Waals surface area (Å²) in [5.41, 5.74) is 22.5. The van der Waals surface area contributed by atoms with Crippen molar-refractivity contribution in [3.8, 4) is 78.1 Å². The second kappa shape index (κ2) is 26.7. The fraction of sp³-hybridized carbons (Fsp3) is 0. The van der Waals surface area contributed by atoms with Gasteiger partial charge < -0.3 is 9.13 Å². The van der Waals surface area contributed by atoms with Crippen molar-refractivity contribution in [1.82, 2.24) is 9.13 Å². The number of aromatic nitrogens is 2. The van der Waals surface area contributed by atoms with Gasteiger partial charge >= 0.3 is 0 Å². The molecule has 0 atom stereocenters.